The van der Waals surface area contributed by atoms with Crippen molar-refractivity contribution >= 4 is 35.8 Å². The van der Waals surface area contributed by atoms with Crippen LogP contribution >= 0.6 is 24.0 Å². The van der Waals surface area contributed by atoms with Gasteiger partial charge >= 0.3 is 0 Å². The molecule has 1 saturated heterocycles. The number of aryl methyl sites for hydroxylation is 1. The Kier molecular flexibility index (Phi) is 11.9. The fourth-order valence-electron chi connectivity index (χ4n) is 3.06. The number of rotatable bonds is 10. The second-order valence-electron chi connectivity index (χ2n) is 6.48. The number of likely N-dealkylation sites (tertiary alicyclic amines) is 1. The van der Waals surface area contributed by atoms with Crippen LogP contribution in [-0.2, 0) is 11.2 Å². The molecular formula is C20H33IN4O2. The van der Waals surface area contributed by atoms with E-state index >= 15 is 0 Å². The lowest BCUT2D eigenvalue weighted by molar-refractivity contribution is -0.127. The van der Waals surface area contributed by atoms with Gasteiger partial charge in [-0.3, -0.25) is 9.79 Å². The van der Waals surface area contributed by atoms with Gasteiger partial charge in [0.2, 0.25) is 5.91 Å². The van der Waals surface area contributed by atoms with Crippen molar-refractivity contribution < 1.29 is 9.53 Å². The van der Waals surface area contributed by atoms with Crippen LogP contribution in [-0.4, -0.2) is 56.6 Å². The third kappa shape index (κ3) is 8.81. The number of benzene rings is 1. The lowest BCUT2D eigenvalue weighted by atomic mass is 10.1. The number of aliphatic imine (C=N–C) groups is 1. The summed E-state index contributed by atoms with van der Waals surface area (Å²) in [6, 6.07) is 8.20. The molecule has 0 radical (unpaired) electrons. The predicted octanol–water partition coefficient (Wildman–Crippen LogP) is 2.81. The Hall–Kier alpha value is -1.51. The first kappa shape index (κ1) is 23.5. The predicted molar refractivity (Wildman–Crippen MR) is 121 cm³/mol. The number of ether oxygens (including phenoxy) is 1. The van der Waals surface area contributed by atoms with E-state index in [1.165, 1.54) is 5.56 Å². The minimum Gasteiger partial charge on any atom is -0.497 e. The van der Waals surface area contributed by atoms with Crippen molar-refractivity contribution in [1.29, 1.82) is 0 Å². The monoisotopic (exact) mass is 488 g/mol. The van der Waals surface area contributed by atoms with Crippen LogP contribution < -0.4 is 15.4 Å². The van der Waals surface area contributed by atoms with Crippen molar-refractivity contribution in [1.82, 2.24) is 15.5 Å². The number of nitrogens with one attached hydrogen (secondary N) is 2. The van der Waals surface area contributed by atoms with Gasteiger partial charge in [-0.2, -0.15) is 0 Å². The Morgan fingerprint density at radius 3 is 2.85 bits per heavy atom. The molecule has 1 amide bonds. The smallest absolute Gasteiger partial charge is 0.222 e. The minimum absolute atomic E-state index is 0. The molecule has 1 fully saturated rings. The van der Waals surface area contributed by atoms with Gasteiger partial charge in [-0.05, 0) is 50.3 Å². The topological polar surface area (TPSA) is 66.0 Å². The Bertz CT molecular complexity index is 595. The highest BCUT2D eigenvalue weighted by molar-refractivity contribution is 14.0. The lowest BCUT2D eigenvalue weighted by Crippen LogP contribution is -2.38. The minimum atomic E-state index is 0. The van der Waals surface area contributed by atoms with Gasteiger partial charge in [0.15, 0.2) is 5.96 Å². The normalized spacial score (nSPS) is 14.1. The van der Waals surface area contributed by atoms with Crippen LogP contribution in [0.1, 0.15) is 38.2 Å². The summed E-state index contributed by atoms with van der Waals surface area (Å²) in [5.74, 6) is 2.05. The molecule has 0 atom stereocenters. The van der Waals surface area contributed by atoms with E-state index in [-0.39, 0.29) is 29.9 Å². The van der Waals surface area contributed by atoms with Gasteiger partial charge in [-0.25, -0.2) is 0 Å². The number of nitrogens with zero attached hydrogens (tertiary/aromatic N) is 2. The highest BCUT2D eigenvalue weighted by Gasteiger charge is 2.18. The molecule has 0 aromatic heterocycles. The van der Waals surface area contributed by atoms with Crippen LogP contribution in [0.2, 0.25) is 0 Å². The summed E-state index contributed by atoms with van der Waals surface area (Å²) >= 11 is 0. The van der Waals surface area contributed by atoms with E-state index in [2.05, 4.69) is 34.7 Å². The number of halogens is 1. The zero-order chi connectivity index (χ0) is 18.6. The number of hydrogen-bond donors (Lipinski definition) is 2. The van der Waals surface area contributed by atoms with Gasteiger partial charge in [0.25, 0.3) is 0 Å². The SMILES string of the molecule is CCNC(=NCCCN1CCCC1=O)NCCCc1cccc(OC)c1.I. The molecule has 152 valence electrons. The summed E-state index contributed by atoms with van der Waals surface area (Å²) in [5, 5.41) is 6.66. The third-order valence-corrected chi connectivity index (χ3v) is 4.44. The standard InChI is InChI=1S/C20H32N4O2.HI/c1-3-21-20(23-13-7-15-24-14-6-11-19(24)25)22-12-5-9-17-8-4-10-18(16-17)26-2;/h4,8,10,16H,3,5-7,9,11-15H2,1-2H3,(H2,21,22,23);1H. The number of amides is 1. The van der Waals surface area contributed by atoms with E-state index in [4.69, 9.17) is 4.74 Å². The molecule has 6 nitrogen and oxygen atoms in total. The largest absolute Gasteiger partial charge is 0.497 e. The van der Waals surface area contributed by atoms with E-state index < -0.39 is 0 Å². The highest BCUT2D eigenvalue weighted by Crippen LogP contribution is 2.13. The summed E-state index contributed by atoms with van der Waals surface area (Å²) in [5.41, 5.74) is 1.28. The third-order valence-electron chi connectivity index (χ3n) is 4.44. The maximum Gasteiger partial charge on any atom is 0.222 e. The molecule has 0 aliphatic carbocycles. The van der Waals surface area contributed by atoms with Gasteiger partial charge in [0.05, 0.1) is 7.11 Å². The number of methoxy groups -OCH3 is 1. The van der Waals surface area contributed by atoms with Crippen LogP contribution in [0.3, 0.4) is 0 Å². The molecule has 0 bridgehead atoms. The second kappa shape index (κ2) is 13.6. The van der Waals surface area contributed by atoms with Crippen LogP contribution in [0.4, 0.5) is 0 Å². The zero-order valence-electron chi connectivity index (χ0n) is 16.5. The van der Waals surface area contributed by atoms with Crippen molar-refractivity contribution in [2.24, 2.45) is 4.99 Å². The molecule has 2 N–H and O–H groups in total. The molecule has 1 aromatic carbocycles. The number of guanidine groups is 1. The summed E-state index contributed by atoms with van der Waals surface area (Å²) in [6.07, 6.45) is 4.65. The first-order valence-electron chi connectivity index (χ1n) is 9.66. The molecule has 1 aromatic rings. The number of carbonyl (C=O) groups excluding carboxylic acids is 1. The molecule has 7 heteroatoms. The van der Waals surface area contributed by atoms with Gasteiger partial charge < -0.3 is 20.3 Å². The second-order valence-corrected chi connectivity index (χ2v) is 6.48. The van der Waals surface area contributed by atoms with Crippen LogP contribution in [0.5, 0.6) is 5.75 Å². The molecule has 2 rings (SSSR count). The maximum atomic E-state index is 11.6. The van der Waals surface area contributed by atoms with Gasteiger partial charge in [0, 0.05) is 39.1 Å². The fraction of sp³-hybridized carbons (Fsp3) is 0.600. The first-order valence-corrected chi connectivity index (χ1v) is 9.66. The lowest BCUT2D eigenvalue weighted by Gasteiger charge is -2.15. The van der Waals surface area contributed by atoms with Gasteiger partial charge in [-0.15, -0.1) is 24.0 Å². The molecule has 0 spiro atoms. The Morgan fingerprint density at radius 1 is 1.30 bits per heavy atom. The average Bonchev–Trinajstić information content (AvgIpc) is 3.07. The van der Waals surface area contributed by atoms with E-state index in [0.29, 0.717) is 6.42 Å². The average molecular weight is 488 g/mol. The van der Waals surface area contributed by atoms with Crippen LogP contribution in [0.25, 0.3) is 0 Å². The summed E-state index contributed by atoms with van der Waals surface area (Å²) < 4.78 is 5.26. The molecule has 0 unspecified atom stereocenters. The highest BCUT2D eigenvalue weighted by atomic mass is 127. The molecular weight excluding hydrogens is 455 g/mol. The molecule has 0 saturated carbocycles. The molecule has 1 heterocycles. The Labute approximate surface area is 180 Å². The number of hydrogen-bond acceptors (Lipinski definition) is 3. The maximum absolute atomic E-state index is 11.6. The van der Waals surface area contributed by atoms with Gasteiger partial charge in [0.1, 0.15) is 5.75 Å². The van der Waals surface area contributed by atoms with Crippen molar-refractivity contribution in [3.8, 4) is 5.75 Å². The molecule has 27 heavy (non-hydrogen) atoms. The van der Waals surface area contributed by atoms with Crippen molar-refractivity contribution in [3.63, 3.8) is 0 Å². The van der Waals surface area contributed by atoms with Crippen molar-refractivity contribution in [2.45, 2.75) is 39.0 Å². The van der Waals surface area contributed by atoms with E-state index in [1.807, 2.05) is 17.0 Å². The van der Waals surface area contributed by atoms with Crippen molar-refractivity contribution in [2.75, 3.05) is 39.8 Å². The summed E-state index contributed by atoms with van der Waals surface area (Å²) in [6.45, 7) is 6.23. The summed E-state index contributed by atoms with van der Waals surface area (Å²) in [7, 11) is 1.69. The quantitative estimate of drug-likeness (QED) is 0.230. The van der Waals surface area contributed by atoms with E-state index in [0.717, 1.165) is 70.1 Å². The molecule has 1 aliphatic heterocycles. The zero-order valence-corrected chi connectivity index (χ0v) is 18.8. The Balaban J connectivity index is 0.00000364. The fourth-order valence-corrected chi connectivity index (χ4v) is 3.06. The van der Waals surface area contributed by atoms with Crippen LogP contribution in [0.15, 0.2) is 29.3 Å². The summed E-state index contributed by atoms with van der Waals surface area (Å²) in [4.78, 5) is 18.2. The van der Waals surface area contributed by atoms with Crippen LogP contribution in [0, 0.1) is 0 Å². The van der Waals surface area contributed by atoms with Crippen molar-refractivity contribution in [3.05, 3.63) is 29.8 Å². The number of carbonyl (C=O) groups is 1. The van der Waals surface area contributed by atoms with E-state index in [9.17, 15) is 4.79 Å². The molecule has 1 aliphatic rings. The van der Waals surface area contributed by atoms with E-state index in [1.54, 1.807) is 7.11 Å². The Morgan fingerprint density at radius 2 is 2.15 bits per heavy atom. The first-order chi connectivity index (χ1) is 12.7. The van der Waals surface area contributed by atoms with Gasteiger partial charge in [-0.1, -0.05) is 12.1 Å².